The van der Waals surface area contributed by atoms with Crippen molar-refractivity contribution in [3.63, 3.8) is 0 Å². The van der Waals surface area contributed by atoms with Gasteiger partial charge >= 0.3 is 0 Å². The number of benzene rings is 1. The van der Waals surface area contributed by atoms with Crippen LogP contribution < -0.4 is 10.1 Å². The first kappa shape index (κ1) is 18.3. The van der Waals surface area contributed by atoms with Gasteiger partial charge in [-0.1, -0.05) is 6.07 Å². The Balaban J connectivity index is 1.52. The molecule has 3 aromatic rings. The smallest absolute Gasteiger partial charge is 0.255 e. The van der Waals surface area contributed by atoms with Crippen molar-refractivity contribution in [2.75, 3.05) is 7.11 Å². The van der Waals surface area contributed by atoms with Gasteiger partial charge in [-0.15, -0.1) is 5.10 Å². The zero-order chi connectivity index (χ0) is 21.0. The van der Waals surface area contributed by atoms with E-state index in [1.165, 1.54) is 0 Å². The normalized spacial score (nSPS) is 18.7. The molecule has 0 spiro atoms. The van der Waals surface area contributed by atoms with Crippen LogP contribution in [0.5, 0.6) is 5.88 Å². The van der Waals surface area contributed by atoms with Crippen LogP contribution in [0.15, 0.2) is 30.3 Å². The van der Waals surface area contributed by atoms with Crippen molar-refractivity contribution in [3.8, 4) is 17.1 Å². The summed E-state index contributed by atoms with van der Waals surface area (Å²) in [6, 6.07) is 8.54. The summed E-state index contributed by atoms with van der Waals surface area (Å²) in [5.74, 6) is -0.433. The Morgan fingerprint density at radius 2 is 2.00 bits per heavy atom. The number of fused-ring (bicyclic) bond motifs is 2. The number of aryl methyl sites for hydroxylation is 1. The summed E-state index contributed by atoms with van der Waals surface area (Å²) in [4.78, 5) is 42.7. The topological polar surface area (TPSA) is 106 Å². The van der Waals surface area contributed by atoms with Crippen molar-refractivity contribution in [1.82, 2.24) is 24.8 Å². The Hall–Kier alpha value is -3.75. The Kier molecular flexibility index (Phi) is 4.05. The van der Waals surface area contributed by atoms with E-state index in [0.29, 0.717) is 30.1 Å². The number of rotatable bonds is 3. The number of piperidine rings is 1. The van der Waals surface area contributed by atoms with Gasteiger partial charge in [-0.25, -0.2) is 9.50 Å². The number of nitrogens with zero attached hydrogens (tertiary/aromatic N) is 4. The quantitative estimate of drug-likeness (QED) is 0.662. The Bertz CT molecular complexity index is 1230. The molecule has 1 unspecified atom stereocenters. The molecule has 1 saturated heterocycles. The second-order valence-corrected chi connectivity index (χ2v) is 7.46. The van der Waals surface area contributed by atoms with Crippen molar-refractivity contribution in [3.05, 3.63) is 47.2 Å². The van der Waals surface area contributed by atoms with Crippen LogP contribution >= 0.6 is 0 Å². The molecule has 152 valence electrons. The number of hydrogen-bond acceptors (Lipinski definition) is 6. The van der Waals surface area contributed by atoms with E-state index in [1.807, 2.05) is 25.1 Å². The van der Waals surface area contributed by atoms with Gasteiger partial charge in [-0.2, -0.15) is 0 Å². The molecule has 1 aromatic carbocycles. The highest BCUT2D eigenvalue weighted by Gasteiger charge is 2.39. The molecule has 0 bridgehead atoms. The molecular weight excluding hydrogens is 386 g/mol. The molecule has 2 aliphatic heterocycles. The van der Waals surface area contributed by atoms with Crippen LogP contribution in [0.1, 0.15) is 34.5 Å². The van der Waals surface area contributed by atoms with Gasteiger partial charge in [0.1, 0.15) is 6.04 Å². The van der Waals surface area contributed by atoms with Crippen molar-refractivity contribution in [1.29, 1.82) is 0 Å². The van der Waals surface area contributed by atoms with E-state index in [0.717, 1.165) is 22.5 Å². The predicted molar refractivity (Wildman–Crippen MR) is 106 cm³/mol. The van der Waals surface area contributed by atoms with Gasteiger partial charge in [0.25, 0.3) is 5.91 Å². The van der Waals surface area contributed by atoms with Crippen LogP contribution in [-0.2, 0) is 16.1 Å². The van der Waals surface area contributed by atoms with Crippen LogP contribution in [-0.4, -0.2) is 50.4 Å². The molecule has 2 aromatic heterocycles. The number of methoxy groups -OCH3 is 1. The molecule has 0 radical (unpaired) electrons. The first-order valence-electron chi connectivity index (χ1n) is 9.64. The second kappa shape index (κ2) is 6.65. The van der Waals surface area contributed by atoms with Gasteiger partial charge in [-0.05, 0) is 37.1 Å². The predicted octanol–water partition coefficient (Wildman–Crippen LogP) is 1.47. The molecular formula is C21H19N5O4. The fraction of sp³-hybridized carbons (Fsp3) is 0.286. The highest BCUT2D eigenvalue weighted by Crippen LogP contribution is 2.32. The van der Waals surface area contributed by atoms with Crippen LogP contribution in [0.25, 0.3) is 16.9 Å². The lowest BCUT2D eigenvalue weighted by molar-refractivity contribution is -0.136. The van der Waals surface area contributed by atoms with E-state index in [9.17, 15) is 14.4 Å². The van der Waals surface area contributed by atoms with Gasteiger partial charge in [0, 0.05) is 30.2 Å². The summed E-state index contributed by atoms with van der Waals surface area (Å²) >= 11 is 0. The third-order valence-electron chi connectivity index (χ3n) is 5.63. The van der Waals surface area contributed by atoms with Crippen molar-refractivity contribution in [2.45, 2.75) is 32.4 Å². The fourth-order valence-electron chi connectivity index (χ4n) is 4.19. The molecule has 9 nitrogen and oxygen atoms in total. The average Bonchev–Trinajstić information content (AvgIpc) is 3.23. The van der Waals surface area contributed by atoms with E-state index < -0.39 is 11.9 Å². The maximum Gasteiger partial charge on any atom is 0.255 e. The summed E-state index contributed by atoms with van der Waals surface area (Å²) in [6.07, 6.45) is 0.573. The molecule has 0 aliphatic carbocycles. The monoisotopic (exact) mass is 405 g/mol. The fourth-order valence-corrected chi connectivity index (χ4v) is 4.19. The molecule has 5 rings (SSSR count). The third-order valence-corrected chi connectivity index (χ3v) is 5.63. The summed E-state index contributed by atoms with van der Waals surface area (Å²) < 4.78 is 6.96. The Labute approximate surface area is 171 Å². The van der Waals surface area contributed by atoms with E-state index >= 15 is 0 Å². The standard InChI is InChI=1S/C21H19N5O4/c1-11-19(26-16(22-11)6-8-18(24-26)30-2)12-3-4-14-13(9-12)10-25(21(14)29)15-5-7-17(27)23-20(15)28/h3-4,6,8-9,15H,5,7,10H2,1-2H3,(H,23,27,28). The van der Waals surface area contributed by atoms with E-state index in [2.05, 4.69) is 15.4 Å². The number of amides is 3. The van der Waals surface area contributed by atoms with Crippen molar-refractivity contribution in [2.24, 2.45) is 0 Å². The minimum Gasteiger partial charge on any atom is -0.480 e. The van der Waals surface area contributed by atoms with Gasteiger partial charge in [0.2, 0.25) is 17.7 Å². The summed E-state index contributed by atoms with van der Waals surface area (Å²) in [6.45, 7) is 2.23. The summed E-state index contributed by atoms with van der Waals surface area (Å²) in [5.41, 5.74) is 4.60. The summed E-state index contributed by atoms with van der Waals surface area (Å²) in [7, 11) is 1.56. The number of carbonyl (C=O) groups is 3. The number of hydrogen-bond donors (Lipinski definition) is 1. The van der Waals surface area contributed by atoms with Crippen molar-refractivity contribution >= 4 is 23.4 Å². The molecule has 1 atom stereocenters. The third kappa shape index (κ3) is 2.73. The molecule has 30 heavy (non-hydrogen) atoms. The number of nitrogens with one attached hydrogen (secondary N) is 1. The number of ether oxygens (including phenoxy) is 1. The van der Waals surface area contributed by atoms with E-state index in [4.69, 9.17) is 4.74 Å². The zero-order valence-corrected chi connectivity index (χ0v) is 16.5. The maximum atomic E-state index is 12.9. The first-order valence-corrected chi connectivity index (χ1v) is 9.64. The zero-order valence-electron chi connectivity index (χ0n) is 16.5. The highest BCUT2D eigenvalue weighted by molar-refractivity contribution is 6.05. The number of imidazole rings is 1. The lowest BCUT2D eigenvalue weighted by Crippen LogP contribution is -2.52. The molecule has 2 aliphatic rings. The van der Waals surface area contributed by atoms with E-state index in [-0.39, 0.29) is 18.2 Å². The average molecular weight is 405 g/mol. The largest absolute Gasteiger partial charge is 0.480 e. The van der Waals surface area contributed by atoms with Gasteiger partial charge in [0.15, 0.2) is 5.65 Å². The molecule has 0 saturated carbocycles. The minimum absolute atomic E-state index is 0.194. The molecule has 4 heterocycles. The lowest BCUT2D eigenvalue weighted by atomic mass is 10.0. The number of carbonyl (C=O) groups excluding carboxylic acids is 3. The Morgan fingerprint density at radius 1 is 1.17 bits per heavy atom. The second-order valence-electron chi connectivity index (χ2n) is 7.46. The summed E-state index contributed by atoms with van der Waals surface area (Å²) in [5, 5.41) is 6.80. The molecule has 9 heteroatoms. The van der Waals surface area contributed by atoms with Crippen LogP contribution in [0, 0.1) is 6.92 Å². The number of aromatic nitrogens is 3. The maximum absolute atomic E-state index is 12.9. The van der Waals surface area contributed by atoms with Crippen LogP contribution in [0.4, 0.5) is 0 Å². The molecule has 1 N–H and O–H groups in total. The van der Waals surface area contributed by atoms with Crippen molar-refractivity contribution < 1.29 is 19.1 Å². The van der Waals surface area contributed by atoms with Gasteiger partial charge in [-0.3, -0.25) is 19.7 Å². The van der Waals surface area contributed by atoms with Crippen LogP contribution in [0.3, 0.4) is 0 Å². The van der Waals surface area contributed by atoms with Gasteiger partial charge < -0.3 is 9.64 Å². The molecule has 1 fully saturated rings. The van der Waals surface area contributed by atoms with Crippen LogP contribution in [0.2, 0.25) is 0 Å². The highest BCUT2D eigenvalue weighted by atomic mass is 16.5. The minimum atomic E-state index is -0.630. The first-order chi connectivity index (χ1) is 14.5. The number of imide groups is 1. The lowest BCUT2D eigenvalue weighted by Gasteiger charge is -2.29. The van der Waals surface area contributed by atoms with E-state index in [1.54, 1.807) is 28.7 Å². The van der Waals surface area contributed by atoms with Gasteiger partial charge in [0.05, 0.1) is 18.5 Å². The Morgan fingerprint density at radius 3 is 2.77 bits per heavy atom. The SMILES string of the molecule is COc1ccc2nc(C)c(-c3ccc4c(c3)CN(C3CCC(=O)NC3=O)C4=O)n2n1. The molecule has 3 amide bonds.